The van der Waals surface area contributed by atoms with Crippen molar-refractivity contribution in [2.24, 2.45) is 0 Å². The first-order valence-corrected chi connectivity index (χ1v) is 14.4. The fourth-order valence-corrected chi connectivity index (χ4v) is 4.17. The van der Waals surface area contributed by atoms with Crippen molar-refractivity contribution in [3.8, 4) is 11.5 Å². The van der Waals surface area contributed by atoms with Crippen LogP contribution in [0.15, 0.2) is 18.2 Å². The predicted octanol–water partition coefficient (Wildman–Crippen LogP) is 7.84. The molecule has 0 bridgehead atoms. The highest BCUT2D eigenvalue weighted by Crippen LogP contribution is 2.27. The first-order valence-electron chi connectivity index (χ1n) is 10.7. The van der Waals surface area contributed by atoms with E-state index < -0.39 is 8.07 Å². The monoisotopic (exact) mass is 396 g/mol. The lowest BCUT2D eigenvalue weighted by atomic mass is 10.1. The molecule has 0 fully saturated rings. The molecule has 0 saturated heterocycles. The van der Waals surface area contributed by atoms with Crippen LogP contribution in [-0.4, -0.2) is 20.3 Å². The molecule has 0 unspecified atom stereocenters. The van der Waals surface area contributed by atoms with Crippen molar-refractivity contribution in [1.29, 1.82) is 0 Å². The molecule has 1 rings (SSSR count). The molecule has 2 nitrogen and oxygen atoms in total. The minimum absolute atomic E-state index is 0.295. The summed E-state index contributed by atoms with van der Waals surface area (Å²) in [4.78, 5) is 0. The average molecular weight is 397 g/mol. The average Bonchev–Trinajstić information content (AvgIpc) is 2.58. The van der Waals surface area contributed by atoms with Crippen LogP contribution in [-0.2, 0) is 0 Å². The Kier molecular flexibility index (Phi) is 10.4. The zero-order valence-corrected chi connectivity index (χ0v) is 19.5. The predicted molar refractivity (Wildman–Crippen MR) is 117 cm³/mol. The molecule has 0 aliphatic heterocycles. The fourth-order valence-electron chi connectivity index (χ4n) is 2.86. The summed E-state index contributed by atoms with van der Waals surface area (Å²) in [5.74, 6) is 0.524. The van der Waals surface area contributed by atoms with E-state index in [2.05, 4.69) is 19.6 Å². The summed E-state index contributed by atoms with van der Waals surface area (Å²) in [5, 5.41) is 0. The van der Waals surface area contributed by atoms with Gasteiger partial charge in [0.25, 0.3) is 0 Å². The molecule has 1 aromatic carbocycles. The van der Waals surface area contributed by atoms with E-state index in [0.717, 1.165) is 12.8 Å². The summed E-state index contributed by atoms with van der Waals surface area (Å²) in [6.07, 6.45) is 9.75. The van der Waals surface area contributed by atoms with Crippen molar-refractivity contribution in [2.45, 2.75) is 103 Å². The first kappa shape index (κ1) is 24.0. The molecule has 4 heteroatoms. The fraction of sp³-hybridized carbons (Fsp3) is 0.739. The van der Waals surface area contributed by atoms with Crippen LogP contribution in [0.3, 0.4) is 0 Å². The molecule has 0 aliphatic rings. The van der Waals surface area contributed by atoms with E-state index in [4.69, 9.17) is 9.47 Å². The lowest BCUT2D eigenvalue weighted by Crippen LogP contribution is -2.27. The number of hydrogen-bond acceptors (Lipinski definition) is 2. The van der Waals surface area contributed by atoms with Crippen molar-refractivity contribution in [3.63, 3.8) is 0 Å². The molecule has 156 valence electrons. The van der Waals surface area contributed by atoms with E-state index in [1.54, 1.807) is 12.1 Å². The molecule has 1 aromatic rings. The molecule has 0 heterocycles. The van der Waals surface area contributed by atoms with Gasteiger partial charge in [-0.1, -0.05) is 71.1 Å². The quantitative estimate of drug-likeness (QED) is 0.235. The molecule has 27 heavy (non-hydrogen) atoms. The van der Waals surface area contributed by atoms with Crippen molar-refractivity contribution in [1.82, 2.24) is 0 Å². The van der Waals surface area contributed by atoms with Crippen molar-refractivity contribution in [3.05, 3.63) is 24.0 Å². The van der Waals surface area contributed by atoms with Gasteiger partial charge in [0.1, 0.15) is 11.4 Å². The highest BCUT2D eigenvalue weighted by atomic mass is 28.3. The summed E-state index contributed by atoms with van der Waals surface area (Å²) < 4.78 is 25.6. The molecular formula is C23H41FO2Si. The second-order valence-corrected chi connectivity index (χ2v) is 15.1. The standard InChI is InChI=1S/C23H41FO2Si/c1-7-23(2,3)26-22-16-15-20(19-21(22)24)25-17-13-11-9-8-10-12-14-18-27(4,5)6/h15-16,19H,7-14,17-18H2,1-6H3. The van der Waals surface area contributed by atoms with E-state index in [9.17, 15) is 4.39 Å². The van der Waals surface area contributed by atoms with Crippen LogP contribution < -0.4 is 9.47 Å². The van der Waals surface area contributed by atoms with E-state index in [1.165, 1.54) is 50.6 Å². The Morgan fingerprint density at radius 1 is 0.926 bits per heavy atom. The Morgan fingerprint density at radius 2 is 1.52 bits per heavy atom. The maximum Gasteiger partial charge on any atom is 0.168 e. The summed E-state index contributed by atoms with van der Waals surface area (Å²) in [6, 6.07) is 6.35. The summed E-state index contributed by atoms with van der Waals surface area (Å²) >= 11 is 0. The Balaban J connectivity index is 2.14. The van der Waals surface area contributed by atoms with Crippen LogP contribution in [0.4, 0.5) is 4.39 Å². The molecule has 0 radical (unpaired) electrons. The molecular weight excluding hydrogens is 355 g/mol. The largest absolute Gasteiger partial charge is 0.493 e. The second kappa shape index (κ2) is 11.7. The van der Waals surface area contributed by atoms with Gasteiger partial charge >= 0.3 is 0 Å². The van der Waals surface area contributed by atoms with Crippen LogP contribution >= 0.6 is 0 Å². The van der Waals surface area contributed by atoms with Gasteiger partial charge in [0.05, 0.1) is 6.61 Å². The van der Waals surface area contributed by atoms with Crippen molar-refractivity contribution in [2.75, 3.05) is 6.61 Å². The maximum absolute atomic E-state index is 14.2. The van der Waals surface area contributed by atoms with Gasteiger partial charge in [0, 0.05) is 14.1 Å². The second-order valence-electron chi connectivity index (χ2n) is 9.44. The Hall–Kier alpha value is -1.03. The molecule has 0 N–H and O–H groups in total. The number of benzene rings is 1. The molecule has 0 saturated carbocycles. The minimum Gasteiger partial charge on any atom is -0.493 e. The highest BCUT2D eigenvalue weighted by molar-refractivity contribution is 6.76. The Labute approximate surface area is 167 Å². The van der Waals surface area contributed by atoms with Crippen LogP contribution in [0.2, 0.25) is 25.7 Å². The Bertz CT molecular complexity index is 538. The number of hydrogen-bond donors (Lipinski definition) is 0. The molecule has 0 amide bonds. The van der Waals surface area contributed by atoms with E-state index in [0.29, 0.717) is 18.1 Å². The van der Waals surface area contributed by atoms with Gasteiger partial charge in [-0.15, -0.1) is 0 Å². The summed E-state index contributed by atoms with van der Waals surface area (Å²) in [6.45, 7) is 14.0. The van der Waals surface area contributed by atoms with Gasteiger partial charge in [-0.05, 0) is 38.8 Å². The number of rotatable bonds is 14. The first-order chi connectivity index (χ1) is 12.6. The molecule has 0 aliphatic carbocycles. The van der Waals surface area contributed by atoms with E-state index >= 15 is 0 Å². The van der Waals surface area contributed by atoms with E-state index in [-0.39, 0.29) is 11.4 Å². The van der Waals surface area contributed by atoms with Gasteiger partial charge in [-0.3, -0.25) is 0 Å². The number of halogens is 1. The smallest absolute Gasteiger partial charge is 0.168 e. The normalized spacial score (nSPS) is 12.3. The minimum atomic E-state index is -0.848. The van der Waals surface area contributed by atoms with Gasteiger partial charge in [-0.2, -0.15) is 0 Å². The Morgan fingerprint density at radius 3 is 2.07 bits per heavy atom. The van der Waals surface area contributed by atoms with Crippen LogP contribution in [0.5, 0.6) is 11.5 Å². The van der Waals surface area contributed by atoms with E-state index in [1.807, 2.05) is 20.8 Å². The molecule has 0 spiro atoms. The lowest BCUT2D eigenvalue weighted by Gasteiger charge is -2.25. The van der Waals surface area contributed by atoms with Crippen LogP contribution in [0, 0.1) is 5.82 Å². The topological polar surface area (TPSA) is 18.5 Å². The number of unbranched alkanes of at least 4 members (excludes halogenated alkanes) is 6. The van der Waals surface area contributed by atoms with Gasteiger partial charge < -0.3 is 9.47 Å². The van der Waals surface area contributed by atoms with Gasteiger partial charge in [0.15, 0.2) is 11.6 Å². The molecule has 0 aromatic heterocycles. The summed E-state index contributed by atoms with van der Waals surface area (Å²) in [5.41, 5.74) is -0.363. The maximum atomic E-state index is 14.2. The zero-order chi connectivity index (χ0) is 20.3. The van der Waals surface area contributed by atoms with Gasteiger partial charge in [0.2, 0.25) is 0 Å². The lowest BCUT2D eigenvalue weighted by molar-refractivity contribution is 0.0992. The third kappa shape index (κ3) is 11.4. The third-order valence-corrected chi connectivity index (χ3v) is 6.83. The van der Waals surface area contributed by atoms with Crippen LogP contribution in [0.25, 0.3) is 0 Å². The SMILES string of the molecule is CCC(C)(C)Oc1ccc(OCCCCCCCCC[Si](C)(C)C)cc1F. The number of ether oxygens (including phenoxy) is 2. The molecule has 0 atom stereocenters. The van der Waals surface area contributed by atoms with Gasteiger partial charge in [-0.25, -0.2) is 4.39 Å². The van der Waals surface area contributed by atoms with Crippen molar-refractivity contribution >= 4 is 8.07 Å². The third-order valence-electron chi connectivity index (χ3n) is 4.98. The zero-order valence-electron chi connectivity index (χ0n) is 18.5. The van der Waals surface area contributed by atoms with Crippen LogP contribution in [0.1, 0.15) is 72.1 Å². The summed E-state index contributed by atoms with van der Waals surface area (Å²) in [7, 11) is -0.848. The van der Waals surface area contributed by atoms with Crippen molar-refractivity contribution < 1.29 is 13.9 Å². The highest BCUT2D eigenvalue weighted by Gasteiger charge is 2.19.